The van der Waals surface area contributed by atoms with Crippen LogP contribution in [0.15, 0.2) is 24.3 Å². The minimum absolute atomic E-state index is 0.000787. The molecule has 2 heteroatoms. The van der Waals surface area contributed by atoms with Crippen LogP contribution in [0.4, 0.5) is 0 Å². The molecule has 2 N–H and O–H groups in total. The number of benzene rings is 1. The van der Waals surface area contributed by atoms with Crippen molar-refractivity contribution in [2.45, 2.75) is 25.8 Å². The van der Waals surface area contributed by atoms with Gasteiger partial charge in [-0.2, -0.15) is 5.26 Å². The van der Waals surface area contributed by atoms with E-state index in [4.69, 9.17) is 11.0 Å². The van der Waals surface area contributed by atoms with Gasteiger partial charge in [-0.25, -0.2) is 0 Å². The summed E-state index contributed by atoms with van der Waals surface area (Å²) in [6.07, 6.45) is 1.97. The summed E-state index contributed by atoms with van der Waals surface area (Å²) in [4.78, 5) is 0. The Morgan fingerprint density at radius 3 is 2.77 bits per heavy atom. The van der Waals surface area contributed by atoms with E-state index in [0.717, 1.165) is 18.4 Å². The largest absolute Gasteiger partial charge is 0.324 e. The van der Waals surface area contributed by atoms with Crippen molar-refractivity contribution in [1.29, 1.82) is 5.26 Å². The first-order chi connectivity index (χ1) is 6.29. The lowest BCUT2D eigenvalue weighted by molar-refractivity contribution is 0.637. The number of hydrogen-bond donors (Lipinski definition) is 1. The molecule has 0 aromatic heterocycles. The zero-order valence-electron chi connectivity index (χ0n) is 7.83. The summed E-state index contributed by atoms with van der Waals surface area (Å²) in [5.74, 6) is 0. The van der Waals surface area contributed by atoms with Gasteiger partial charge in [0.2, 0.25) is 0 Å². The van der Waals surface area contributed by atoms with Gasteiger partial charge in [-0.3, -0.25) is 0 Å². The van der Waals surface area contributed by atoms with Gasteiger partial charge in [0.15, 0.2) is 0 Å². The first-order valence-electron chi connectivity index (χ1n) is 4.54. The maximum absolute atomic E-state index is 8.83. The number of rotatable bonds is 3. The van der Waals surface area contributed by atoms with Crippen LogP contribution in [-0.2, 0) is 0 Å². The molecule has 0 radical (unpaired) electrons. The fourth-order valence-electron chi connectivity index (χ4n) is 1.39. The SMILES string of the molecule is CCC[C@@H](N)c1ccccc1C#N. The lowest BCUT2D eigenvalue weighted by atomic mass is 9.98. The van der Waals surface area contributed by atoms with E-state index in [9.17, 15) is 0 Å². The average Bonchev–Trinajstić information content (AvgIpc) is 2.18. The fraction of sp³-hybridized carbons (Fsp3) is 0.364. The highest BCUT2D eigenvalue weighted by Gasteiger charge is 2.08. The Balaban J connectivity index is 2.93. The third-order valence-electron chi connectivity index (χ3n) is 2.08. The molecule has 68 valence electrons. The monoisotopic (exact) mass is 174 g/mol. The maximum atomic E-state index is 8.83. The van der Waals surface area contributed by atoms with Gasteiger partial charge >= 0.3 is 0 Å². The van der Waals surface area contributed by atoms with E-state index in [2.05, 4.69) is 13.0 Å². The van der Waals surface area contributed by atoms with Crippen LogP contribution in [0.5, 0.6) is 0 Å². The molecule has 1 aromatic carbocycles. The quantitative estimate of drug-likeness (QED) is 0.764. The molecule has 0 bridgehead atoms. The van der Waals surface area contributed by atoms with E-state index in [0.29, 0.717) is 5.56 Å². The van der Waals surface area contributed by atoms with Crippen LogP contribution in [-0.4, -0.2) is 0 Å². The summed E-state index contributed by atoms with van der Waals surface area (Å²) < 4.78 is 0. The molecule has 2 nitrogen and oxygen atoms in total. The second-order valence-corrected chi connectivity index (χ2v) is 3.09. The summed E-state index contributed by atoms with van der Waals surface area (Å²) in [5, 5.41) is 8.83. The summed E-state index contributed by atoms with van der Waals surface area (Å²) in [6.45, 7) is 2.09. The average molecular weight is 174 g/mol. The van der Waals surface area contributed by atoms with Gasteiger partial charge in [-0.15, -0.1) is 0 Å². The highest BCUT2D eigenvalue weighted by molar-refractivity contribution is 5.39. The number of nitrogens with zero attached hydrogens (tertiary/aromatic N) is 1. The zero-order valence-corrected chi connectivity index (χ0v) is 7.83. The minimum atomic E-state index is 0.000787. The molecule has 1 rings (SSSR count). The van der Waals surface area contributed by atoms with Crippen LogP contribution in [0.25, 0.3) is 0 Å². The molecule has 0 aliphatic rings. The van der Waals surface area contributed by atoms with Crippen molar-refractivity contribution in [1.82, 2.24) is 0 Å². The maximum Gasteiger partial charge on any atom is 0.0995 e. The first kappa shape index (κ1) is 9.76. The number of nitriles is 1. The van der Waals surface area contributed by atoms with Gasteiger partial charge in [0.05, 0.1) is 11.6 Å². The van der Waals surface area contributed by atoms with E-state index < -0.39 is 0 Å². The molecule has 0 fully saturated rings. The predicted octanol–water partition coefficient (Wildman–Crippen LogP) is 2.36. The molecule has 0 spiro atoms. The number of nitrogens with two attached hydrogens (primary N) is 1. The standard InChI is InChI=1S/C11H14N2/c1-2-5-11(13)10-7-4-3-6-9(10)8-12/h3-4,6-7,11H,2,5,13H2,1H3/t11-/m1/s1. The zero-order chi connectivity index (χ0) is 9.68. The molecule has 1 atom stereocenters. The van der Waals surface area contributed by atoms with Crippen LogP contribution >= 0.6 is 0 Å². The van der Waals surface area contributed by atoms with Gasteiger partial charge in [0.25, 0.3) is 0 Å². The van der Waals surface area contributed by atoms with Crippen LogP contribution in [0, 0.1) is 11.3 Å². The Kier molecular flexibility index (Phi) is 3.48. The highest BCUT2D eigenvalue weighted by Crippen LogP contribution is 2.18. The van der Waals surface area contributed by atoms with E-state index >= 15 is 0 Å². The van der Waals surface area contributed by atoms with E-state index in [-0.39, 0.29) is 6.04 Å². The topological polar surface area (TPSA) is 49.8 Å². The minimum Gasteiger partial charge on any atom is -0.324 e. The molecular formula is C11H14N2. The van der Waals surface area contributed by atoms with Crippen molar-refractivity contribution in [3.63, 3.8) is 0 Å². The highest BCUT2D eigenvalue weighted by atomic mass is 14.6. The van der Waals surface area contributed by atoms with Crippen molar-refractivity contribution in [2.75, 3.05) is 0 Å². The summed E-state index contributed by atoms with van der Waals surface area (Å²) in [6, 6.07) is 9.68. The smallest absolute Gasteiger partial charge is 0.0995 e. The van der Waals surface area contributed by atoms with Crippen molar-refractivity contribution in [3.8, 4) is 6.07 Å². The van der Waals surface area contributed by atoms with Crippen molar-refractivity contribution >= 4 is 0 Å². The van der Waals surface area contributed by atoms with Gasteiger partial charge in [-0.05, 0) is 18.1 Å². The fourth-order valence-corrected chi connectivity index (χ4v) is 1.39. The van der Waals surface area contributed by atoms with Gasteiger partial charge in [-0.1, -0.05) is 31.5 Å². The molecule has 13 heavy (non-hydrogen) atoms. The van der Waals surface area contributed by atoms with E-state index in [1.165, 1.54) is 0 Å². The van der Waals surface area contributed by atoms with Gasteiger partial charge in [0.1, 0.15) is 0 Å². The number of hydrogen-bond acceptors (Lipinski definition) is 2. The molecule has 0 saturated carbocycles. The van der Waals surface area contributed by atoms with Crippen molar-refractivity contribution in [2.24, 2.45) is 5.73 Å². The predicted molar refractivity (Wildman–Crippen MR) is 53.0 cm³/mol. The first-order valence-corrected chi connectivity index (χ1v) is 4.54. The molecule has 0 aliphatic carbocycles. The molecular weight excluding hydrogens is 160 g/mol. The second-order valence-electron chi connectivity index (χ2n) is 3.09. The van der Waals surface area contributed by atoms with Gasteiger partial charge < -0.3 is 5.73 Å². The Labute approximate surface area is 79.0 Å². The van der Waals surface area contributed by atoms with E-state index in [1.54, 1.807) is 0 Å². The Hall–Kier alpha value is -1.33. The molecule has 0 amide bonds. The van der Waals surface area contributed by atoms with Gasteiger partial charge in [0, 0.05) is 6.04 Å². The lowest BCUT2D eigenvalue weighted by Crippen LogP contribution is -2.11. The lowest BCUT2D eigenvalue weighted by Gasteiger charge is -2.11. The summed E-state index contributed by atoms with van der Waals surface area (Å²) in [7, 11) is 0. The van der Waals surface area contributed by atoms with Crippen LogP contribution in [0.1, 0.15) is 36.9 Å². The van der Waals surface area contributed by atoms with Crippen molar-refractivity contribution in [3.05, 3.63) is 35.4 Å². The Morgan fingerprint density at radius 1 is 1.46 bits per heavy atom. The third kappa shape index (κ3) is 2.30. The van der Waals surface area contributed by atoms with Crippen LogP contribution in [0.2, 0.25) is 0 Å². The molecule has 0 aliphatic heterocycles. The third-order valence-corrected chi connectivity index (χ3v) is 2.08. The Bertz CT molecular complexity index is 312. The van der Waals surface area contributed by atoms with Crippen molar-refractivity contribution < 1.29 is 0 Å². The summed E-state index contributed by atoms with van der Waals surface area (Å²) in [5.41, 5.74) is 7.59. The molecule has 0 saturated heterocycles. The second kappa shape index (κ2) is 4.64. The van der Waals surface area contributed by atoms with Crippen LogP contribution in [0.3, 0.4) is 0 Å². The molecule has 0 heterocycles. The van der Waals surface area contributed by atoms with E-state index in [1.807, 2.05) is 24.3 Å². The molecule has 1 aromatic rings. The van der Waals surface area contributed by atoms with Crippen LogP contribution < -0.4 is 5.73 Å². The Morgan fingerprint density at radius 2 is 2.15 bits per heavy atom. The normalized spacial score (nSPS) is 12.1. The molecule has 0 unspecified atom stereocenters. The summed E-state index contributed by atoms with van der Waals surface area (Å²) >= 11 is 0.